The van der Waals surface area contributed by atoms with Crippen LogP contribution in [0.15, 0.2) is 18.2 Å². The van der Waals surface area contributed by atoms with Gasteiger partial charge in [0.05, 0.1) is 0 Å². The summed E-state index contributed by atoms with van der Waals surface area (Å²) in [7, 11) is 0. The van der Waals surface area contributed by atoms with Crippen molar-refractivity contribution in [2.24, 2.45) is 17.7 Å². The van der Waals surface area contributed by atoms with Gasteiger partial charge in [-0.2, -0.15) is 0 Å². The third kappa shape index (κ3) is 2.70. The van der Waals surface area contributed by atoms with E-state index in [1.165, 1.54) is 31.0 Å². The normalized spacial score (nSPS) is 25.3. The number of rotatable bonds is 4. The number of benzene rings is 1. The van der Waals surface area contributed by atoms with Crippen molar-refractivity contribution in [1.82, 2.24) is 5.43 Å². The van der Waals surface area contributed by atoms with Crippen LogP contribution in [0.25, 0.3) is 0 Å². The van der Waals surface area contributed by atoms with Crippen LogP contribution in [0.5, 0.6) is 0 Å². The highest BCUT2D eigenvalue weighted by Crippen LogP contribution is 2.34. The largest absolute Gasteiger partial charge is 0.271 e. The maximum Gasteiger partial charge on any atom is 0.129 e. The monoisotopic (exact) mass is 254 g/mol. The Kier molecular flexibility index (Phi) is 4.30. The van der Waals surface area contributed by atoms with Gasteiger partial charge in [-0.05, 0) is 36.8 Å². The average molecular weight is 254 g/mol. The minimum Gasteiger partial charge on any atom is -0.271 e. The highest BCUT2D eigenvalue weighted by molar-refractivity contribution is 5.21. The maximum atomic E-state index is 13.6. The van der Waals surface area contributed by atoms with Crippen LogP contribution in [0, 0.1) is 23.5 Å². The molecule has 3 N–H and O–H groups in total. The number of halogens is 2. The fourth-order valence-electron chi connectivity index (χ4n) is 3.05. The van der Waals surface area contributed by atoms with Crippen LogP contribution in [-0.2, 0) is 6.42 Å². The number of hydrogen-bond acceptors (Lipinski definition) is 2. The molecule has 4 heteroatoms. The van der Waals surface area contributed by atoms with Crippen molar-refractivity contribution in [1.29, 1.82) is 0 Å². The number of hydrogen-bond donors (Lipinski definition) is 2. The molecule has 1 saturated carbocycles. The van der Waals surface area contributed by atoms with Crippen LogP contribution in [-0.4, -0.2) is 6.04 Å². The van der Waals surface area contributed by atoms with Gasteiger partial charge in [0.2, 0.25) is 0 Å². The minimum absolute atomic E-state index is 0.0612. The summed E-state index contributed by atoms with van der Waals surface area (Å²) in [6, 6.07) is 3.92. The summed E-state index contributed by atoms with van der Waals surface area (Å²) in [5.74, 6) is 5.55. The fourth-order valence-corrected chi connectivity index (χ4v) is 3.05. The second kappa shape index (κ2) is 5.76. The van der Waals surface area contributed by atoms with E-state index >= 15 is 0 Å². The van der Waals surface area contributed by atoms with E-state index in [-0.39, 0.29) is 11.6 Å². The molecule has 1 aliphatic rings. The molecule has 0 radical (unpaired) electrons. The lowest BCUT2D eigenvalue weighted by molar-refractivity contribution is 0.293. The van der Waals surface area contributed by atoms with Gasteiger partial charge in [0, 0.05) is 11.6 Å². The molecule has 0 aromatic heterocycles. The number of nitrogens with one attached hydrogen (secondary N) is 1. The van der Waals surface area contributed by atoms with Crippen LogP contribution >= 0.6 is 0 Å². The molecule has 0 amide bonds. The van der Waals surface area contributed by atoms with Crippen LogP contribution in [0.1, 0.15) is 31.7 Å². The molecule has 0 saturated heterocycles. The van der Waals surface area contributed by atoms with Crippen molar-refractivity contribution < 1.29 is 8.78 Å². The highest BCUT2D eigenvalue weighted by atomic mass is 19.1. The summed E-state index contributed by atoms with van der Waals surface area (Å²) >= 11 is 0. The molecular weight excluding hydrogens is 234 g/mol. The molecule has 100 valence electrons. The van der Waals surface area contributed by atoms with E-state index in [2.05, 4.69) is 12.3 Å². The standard InChI is InChI=1S/C14H20F2N2/c1-9-4-2-5-10(9)14(18-17)8-11-12(15)6-3-7-13(11)16/h3,6-7,9-10,14,18H,2,4-5,8,17H2,1H3. The van der Waals surface area contributed by atoms with E-state index < -0.39 is 11.6 Å². The smallest absolute Gasteiger partial charge is 0.129 e. The Balaban J connectivity index is 2.15. The van der Waals surface area contributed by atoms with Gasteiger partial charge in [-0.15, -0.1) is 0 Å². The van der Waals surface area contributed by atoms with E-state index in [4.69, 9.17) is 5.84 Å². The first-order chi connectivity index (χ1) is 8.63. The van der Waals surface area contributed by atoms with Crippen molar-refractivity contribution in [2.45, 2.75) is 38.6 Å². The molecule has 0 heterocycles. The Morgan fingerprint density at radius 2 is 2.00 bits per heavy atom. The molecule has 1 aromatic rings. The highest BCUT2D eigenvalue weighted by Gasteiger charge is 2.31. The summed E-state index contributed by atoms with van der Waals surface area (Å²) in [5, 5.41) is 0. The predicted molar refractivity (Wildman–Crippen MR) is 67.7 cm³/mol. The van der Waals surface area contributed by atoms with Crippen LogP contribution in [0.3, 0.4) is 0 Å². The number of nitrogens with two attached hydrogens (primary N) is 1. The van der Waals surface area contributed by atoms with Gasteiger partial charge in [-0.25, -0.2) is 8.78 Å². The Hall–Kier alpha value is -1.00. The fraction of sp³-hybridized carbons (Fsp3) is 0.571. The third-order valence-electron chi connectivity index (χ3n) is 4.14. The number of hydrazine groups is 1. The van der Waals surface area contributed by atoms with Crippen LogP contribution in [0.4, 0.5) is 8.78 Å². The van der Waals surface area contributed by atoms with Gasteiger partial charge in [0.15, 0.2) is 0 Å². The molecule has 0 aliphatic heterocycles. The van der Waals surface area contributed by atoms with Crippen molar-refractivity contribution in [3.63, 3.8) is 0 Å². The topological polar surface area (TPSA) is 38.0 Å². The SMILES string of the molecule is CC1CCCC1C(Cc1c(F)cccc1F)NN. The van der Waals surface area contributed by atoms with E-state index in [1.807, 2.05) is 0 Å². The van der Waals surface area contributed by atoms with E-state index in [0.29, 0.717) is 18.3 Å². The van der Waals surface area contributed by atoms with Gasteiger partial charge in [0.1, 0.15) is 11.6 Å². The predicted octanol–water partition coefficient (Wildman–Crippen LogP) is 2.78. The molecule has 1 aliphatic carbocycles. The van der Waals surface area contributed by atoms with Crippen molar-refractivity contribution >= 4 is 0 Å². The zero-order chi connectivity index (χ0) is 13.1. The summed E-state index contributed by atoms with van der Waals surface area (Å²) in [5.41, 5.74) is 2.88. The molecule has 3 unspecified atom stereocenters. The minimum atomic E-state index is -0.485. The Labute approximate surface area is 107 Å². The zero-order valence-corrected chi connectivity index (χ0v) is 10.6. The first kappa shape index (κ1) is 13.4. The first-order valence-corrected chi connectivity index (χ1v) is 6.52. The van der Waals surface area contributed by atoms with Gasteiger partial charge in [0.25, 0.3) is 0 Å². The molecule has 1 aromatic carbocycles. The Bertz CT molecular complexity index is 389. The Morgan fingerprint density at radius 1 is 1.33 bits per heavy atom. The Morgan fingerprint density at radius 3 is 2.50 bits per heavy atom. The molecule has 0 spiro atoms. The average Bonchev–Trinajstić information content (AvgIpc) is 2.76. The molecule has 2 nitrogen and oxygen atoms in total. The lowest BCUT2D eigenvalue weighted by Gasteiger charge is -2.26. The van der Waals surface area contributed by atoms with Crippen molar-refractivity contribution in [3.05, 3.63) is 35.4 Å². The molecule has 0 bridgehead atoms. The molecule has 1 fully saturated rings. The summed E-state index contributed by atoms with van der Waals surface area (Å²) in [4.78, 5) is 0. The lowest BCUT2D eigenvalue weighted by atomic mass is 9.86. The molecule has 3 atom stereocenters. The van der Waals surface area contributed by atoms with Gasteiger partial charge in [-0.3, -0.25) is 11.3 Å². The van der Waals surface area contributed by atoms with E-state index in [9.17, 15) is 8.78 Å². The maximum absolute atomic E-state index is 13.6. The second-order valence-corrected chi connectivity index (χ2v) is 5.25. The van der Waals surface area contributed by atoms with Gasteiger partial charge >= 0.3 is 0 Å². The molecule has 18 heavy (non-hydrogen) atoms. The van der Waals surface area contributed by atoms with Gasteiger partial charge in [-0.1, -0.05) is 25.8 Å². The summed E-state index contributed by atoms with van der Waals surface area (Å²) < 4.78 is 27.2. The van der Waals surface area contributed by atoms with Crippen molar-refractivity contribution in [2.75, 3.05) is 0 Å². The lowest BCUT2D eigenvalue weighted by Crippen LogP contribution is -2.43. The zero-order valence-electron chi connectivity index (χ0n) is 10.6. The molecule has 2 rings (SSSR count). The summed E-state index contributed by atoms with van der Waals surface area (Å²) in [6.45, 7) is 2.18. The summed E-state index contributed by atoms with van der Waals surface area (Å²) in [6.07, 6.45) is 3.72. The van der Waals surface area contributed by atoms with E-state index in [0.717, 1.165) is 6.42 Å². The van der Waals surface area contributed by atoms with Crippen molar-refractivity contribution in [3.8, 4) is 0 Å². The van der Waals surface area contributed by atoms with Gasteiger partial charge < -0.3 is 0 Å². The van der Waals surface area contributed by atoms with Crippen LogP contribution < -0.4 is 11.3 Å². The third-order valence-corrected chi connectivity index (χ3v) is 4.14. The van der Waals surface area contributed by atoms with E-state index in [1.54, 1.807) is 0 Å². The quantitative estimate of drug-likeness (QED) is 0.640. The molecular formula is C14H20F2N2. The second-order valence-electron chi connectivity index (χ2n) is 5.25. The first-order valence-electron chi connectivity index (χ1n) is 6.52. The van der Waals surface area contributed by atoms with Crippen LogP contribution in [0.2, 0.25) is 0 Å².